The third kappa shape index (κ3) is 2.77. The predicted octanol–water partition coefficient (Wildman–Crippen LogP) is 1.84. The molecular formula is C15H19N3O. The van der Waals surface area contributed by atoms with Crippen molar-refractivity contribution in [3.63, 3.8) is 0 Å². The van der Waals surface area contributed by atoms with Crippen molar-refractivity contribution >= 4 is 11.6 Å². The summed E-state index contributed by atoms with van der Waals surface area (Å²) in [4.78, 5) is 13.8. The number of amides is 1. The van der Waals surface area contributed by atoms with E-state index in [0.29, 0.717) is 13.0 Å². The molecule has 4 heteroatoms. The van der Waals surface area contributed by atoms with Gasteiger partial charge in [-0.15, -0.1) is 0 Å². The summed E-state index contributed by atoms with van der Waals surface area (Å²) in [5.41, 5.74) is 3.23. The number of anilines is 1. The molecule has 4 nitrogen and oxygen atoms in total. The molecule has 0 spiro atoms. The second-order valence-corrected chi connectivity index (χ2v) is 4.91. The Bertz CT molecular complexity index is 519. The Kier molecular flexibility index (Phi) is 4.18. The molecule has 1 atom stereocenters. The average molecular weight is 257 g/mol. The number of rotatable bonds is 5. The summed E-state index contributed by atoms with van der Waals surface area (Å²) in [6.07, 6.45) is 1.22. The summed E-state index contributed by atoms with van der Waals surface area (Å²) in [6.45, 7) is 3.28. The highest BCUT2D eigenvalue weighted by molar-refractivity contribution is 6.01. The van der Waals surface area contributed by atoms with E-state index in [2.05, 4.69) is 17.5 Å². The number of carbonyl (C=O) groups excluding carboxylic acids is 1. The van der Waals surface area contributed by atoms with Crippen LogP contribution in [0.3, 0.4) is 0 Å². The van der Waals surface area contributed by atoms with Gasteiger partial charge in [0.25, 0.3) is 0 Å². The average Bonchev–Trinajstić information content (AvgIpc) is 2.71. The Balaban J connectivity index is 2.22. The van der Waals surface area contributed by atoms with Crippen LogP contribution in [0.2, 0.25) is 0 Å². The van der Waals surface area contributed by atoms with Crippen LogP contribution in [0.4, 0.5) is 5.69 Å². The zero-order chi connectivity index (χ0) is 13.8. The molecule has 19 heavy (non-hydrogen) atoms. The number of hydrogen-bond acceptors (Lipinski definition) is 3. The number of benzene rings is 1. The molecule has 1 aromatic carbocycles. The first-order valence-corrected chi connectivity index (χ1v) is 6.66. The molecule has 0 saturated heterocycles. The first kappa shape index (κ1) is 13.6. The van der Waals surface area contributed by atoms with Gasteiger partial charge in [0, 0.05) is 18.8 Å². The van der Waals surface area contributed by atoms with Gasteiger partial charge in [0.1, 0.15) is 0 Å². The number of nitrogens with one attached hydrogen (secondary N) is 1. The highest BCUT2D eigenvalue weighted by Crippen LogP contribution is 2.30. The molecule has 0 aromatic heterocycles. The van der Waals surface area contributed by atoms with Crippen LogP contribution in [0, 0.1) is 17.2 Å². The lowest BCUT2D eigenvalue weighted by molar-refractivity contribution is -0.117. The van der Waals surface area contributed by atoms with Crippen molar-refractivity contribution < 1.29 is 4.79 Å². The van der Waals surface area contributed by atoms with E-state index >= 15 is 0 Å². The molecule has 1 aromatic rings. The highest BCUT2D eigenvalue weighted by atomic mass is 16.2. The Morgan fingerprint density at radius 1 is 1.53 bits per heavy atom. The van der Waals surface area contributed by atoms with Gasteiger partial charge in [-0.3, -0.25) is 4.79 Å². The number of fused-ring (bicyclic) bond motifs is 1. The third-order valence-electron chi connectivity index (χ3n) is 3.54. The van der Waals surface area contributed by atoms with Crippen molar-refractivity contribution in [2.24, 2.45) is 5.92 Å². The van der Waals surface area contributed by atoms with Gasteiger partial charge >= 0.3 is 0 Å². The third-order valence-corrected chi connectivity index (χ3v) is 3.54. The van der Waals surface area contributed by atoms with E-state index in [1.54, 1.807) is 4.90 Å². The van der Waals surface area contributed by atoms with E-state index in [1.807, 2.05) is 26.1 Å². The van der Waals surface area contributed by atoms with E-state index in [-0.39, 0.29) is 11.8 Å². The fourth-order valence-electron chi connectivity index (χ4n) is 2.43. The number of carbonyl (C=O) groups is 1. The van der Waals surface area contributed by atoms with Crippen molar-refractivity contribution in [2.45, 2.75) is 26.3 Å². The maximum atomic E-state index is 12.1. The maximum Gasteiger partial charge on any atom is 0.231 e. The smallest absolute Gasteiger partial charge is 0.231 e. The first-order valence-electron chi connectivity index (χ1n) is 6.66. The molecule has 0 bridgehead atoms. The van der Waals surface area contributed by atoms with Crippen LogP contribution in [0.1, 0.15) is 24.5 Å². The van der Waals surface area contributed by atoms with E-state index in [4.69, 9.17) is 5.26 Å². The predicted molar refractivity (Wildman–Crippen MR) is 74.7 cm³/mol. The minimum atomic E-state index is -0.0908. The van der Waals surface area contributed by atoms with Crippen molar-refractivity contribution in [3.8, 4) is 6.07 Å². The normalized spacial score (nSPS) is 15.2. The lowest BCUT2D eigenvalue weighted by Gasteiger charge is -2.20. The van der Waals surface area contributed by atoms with Crippen LogP contribution < -0.4 is 10.2 Å². The number of nitrogens with zero attached hydrogens (tertiary/aromatic N) is 2. The molecule has 1 unspecified atom stereocenters. The van der Waals surface area contributed by atoms with Crippen LogP contribution in [0.25, 0.3) is 0 Å². The molecule has 100 valence electrons. The van der Waals surface area contributed by atoms with Crippen LogP contribution in [0.15, 0.2) is 18.2 Å². The van der Waals surface area contributed by atoms with Crippen LogP contribution in [0.5, 0.6) is 0 Å². The highest BCUT2D eigenvalue weighted by Gasteiger charge is 2.28. The Morgan fingerprint density at radius 3 is 2.95 bits per heavy atom. The van der Waals surface area contributed by atoms with E-state index < -0.39 is 0 Å². The van der Waals surface area contributed by atoms with Gasteiger partial charge in [0.05, 0.1) is 18.4 Å². The van der Waals surface area contributed by atoms with Crippen molar-refractivity contribution in [1.82, 2.24) is 5.32 Å². The van der Waals surface area contributed by atoms with Gasteiger partial charge in [0.2, 0.25) is 5.91 Å². The molecule has 0 saturated carbocycles. The molecular weight excluding hydrogens is 238 g/mol. The number of nitriles is 1. The van der Waals surface area contributed by atoms with Gasteiger partial charge in [-0.25, -0.2) is 0 Å². The lowest BCUT2D eigenvalue weighted by atomic mass is 10.1. The van der Waals surface area contributed by atoms with Crippen molar-refractivity contribution in [2.75, 3.05) is 18.5 Å². The van der Waals surface area contributed by atoms with Crippen molar-refractivity contribution in [3.05, 3.63) is 29.3 Å². The van der Waals surface area contributed by atoms with Crippen molar-refractivity contribution in [1.29, 1.82) is 5.26 Å². The fourth-order valence-corrected chi connectivity index (χ4v) is 2.43. The topological polar surface area (TPSA) is 56.1 Å². The fraction of sp³-hybridized carbons (Fsp3) is 0.467. The maximum absolute atomic E-state index is 12.1. The van der Waals surface area contributed by atoms with Gasteiger partial charge < -0.3 is 10.2 Å². The Hall–Kier alpha value is -1.86. The molecule has 1 aliphatic heterocycles. The quantitative estimate of drug-likeness (QED) is 0.875. The van der Waals surface area contributed by atoms with E-state index in [0.717, 1.165) is 24.2 Å². The molecule has 0 aliphatic carbocycles. The summed E-state index contributed by atoms with van der Waals surface area (Å²) in [7, 11) is 1.91. The Morgan fingerprint density at radius 2 is 2.32 bits per heavy atom. The molecule has 1 N–H and O–H groups in total. The zero-order valence-electron chi connectivity index (χ0n) is 11.4. The molecule has 2 rings (SSSR count). The largest absolute Gasteiger partial charge is 0.316 e. The SMILES string of the molecule is CCC(C#N)CN1C(=O)Cc2cc(CNC)ccc21. The van der Waals surface area contributed by atoms with E-state index in [1.165, 1.54) is 5.56 Å². The molecule has 1 heterocycles. The van der Waals surface area contributed by atoms with Gasteiger partial charge in [-0.05, 0) is 30.7 Å². The Labute approximate surface area is 114 Å². The van der Waals surface area contributed by atoms with Crippen LogP contribution in [-0.4, -0.2) is 19.5 Å². The summed E-state index contributed by atoms with van der Waals surface area (Å²) in [5, 5.41) is 12.1. The molecule has 0 radical (unpaired) electrons. The minimum Gasteiger partial charge on any atom is -0.316 e. The molecule has 1 aliphatic rings. The second kappa shape index (κ2) is 5.85. The summed E-state index contributed by atoms with van der Waals surface area (Å²) in [6, 6.07) is 8.37. The van der Waals surface area contributed by atoms with Crippen LogP contribution >= 0.6 is 0 Å². The van der Waals surface area contributed by atoms with Gasteiger partial charge in [-0.2, -0.15) is 5.26 Å². The first-order chi connectivity index (χ1) is 9.19. The lowest BCUT2D eigenvalue weighted by Crippen LogP contribution is -2.31. The van der Waals surface area contributed by atoms with Gasteiger partial charge in [-0.1, -0.05) is 19.1 Å². The minimum absolute atomic E-state index is 0.0908. The molecule has 1 amide bonds. The molecule has 0 fully saturated rings. The standard InChI is InChI=1S/C15H19N3O/c1-3-11(8-16)10-18-14-5-4-12(9-17-2)6-13(14)7-15(18)19/h4-6,11,17H,3,7,9-10H2,1-2H3. The monoisotopic (exact) mass is 257 g/mol. The zero-order valence-corrected chi connectivity index (χ0v) is 11.4. The second-order valence-electron chi connectivity index (χ2n) is 4.91. The number of hydrogen-bond donors (Lipinski definition) is 1. The van der Waals surface area contributed by atoms with E-state index in [9.17, 15) is 4.79 Å². The summed E-state index contributed by atoms with van der Waals surface area (Å²) in [5.74, 6) is 0.0113. The summed E-state index contributed by atoms with van der Waals surface area (Å²) < 4.78 is 0. The summed E-state index contributed by atoms with van der Waals surface area (Å²) >= 11 is 0. The van der Waals surface area contributed by atoms with Gasteiger partial charge in [0.15, 0.2) is 0 Å². The van der Waals surface area contributed by atoms with Crippen LogP contribution in [-0.2, 0) is 17.8 Å².